The summed E-state index contributed by atoms with van der Waals surface area (Å²) < 4.78 is 5.06. The minimum absolute atomic E-state index is 0. The quantitative estimate of drug-likeness (QED) is 0.843. The number of piperazine rings is 1. The molecular formula is C16H18ClN3O2S. The highest BCUT2D eigenvalue weighted by atomic mass is 35.5. The number of anilines is 1. The van der Waals surface area contributed by atoms with Crippen molar-refractivity contribution >= 4 is 41.3 Å². The predicted octanol–water partition coefficient (Wildman–Crippen LogP) is 2.54. The van der Waals surface area contributed by atoms with E-state index >= 15 is 0 Å². The summed E-state index contributed by atoms with van der Waals surface area (Å²) in [6.45, 7) is 3.32. The molecule has 1 fully saturated rings. The van der Waals surface area contributed by atoms with E-state index in [9.17, 15) is 4.79 Å². The van der Waals surface area contributed by atoms with Gasteiger partial charge in [0, 0.05) is 31.9 Å². The summed E-state index contributed by atoms with van der Waals surface area (Å²) in [5.74, 6) is -0.0363. The van der Waals surface area contributed by atoms with Crippen molar-refractivity contribution in [3.05, 3.63) is 54.5 Å². The number of halogens is 1. The van der Waals surface area contributed by atoms with Gasteiger partial charge in [-0.05, 0) is 36.5 Å². The van der Waals surface area contributed by atoms with E-state index in [2.05, 4.69) is 22.3 Å². The Bertz CT molecular complexity index is 641. The van der Waals surface area contributed by atoms with E-state index in [1.54, 1.807) is 12.1 Å². The number of hydrogen-bond donors (Lipinski definition) is 1. The van der Waals surface area contributed by atoms with Crippen LogP contribution in [0.2, 0.25) is 0 Å². The van der Waals surface area contributed by atoms with E-state index in [1.807, 2.05) is 23.1 Å². The SMILES string of the molecule is Cl.O=C(NC(=S)N1CCN(c2ccccc2)CC1)c1ccco1. The zero-order valence-electron chi connectivity index (χ0n) is 12.5. The number of hydrogen-bond acceptors (Lipinski definition) is 4. The van der Waals surface area contributed by atoms with Gasteiger partial charge in [-0.15, -0.1) is 12.4 Å². The molecule has 3 rings (SSSR count). The molecule has 23 heavy (non-hydrogen) atoms. The topological polar surface area (TPSA) is 48.7 Å². The summed E-state index contributed by atoms with van der Waals surface area (Å²) in [4.78, 5) is 16.2. The molecule has 0 atom stereocenters. The predicted molar refractivity (Wildman–Crippen MR) is 96.2 cm³/mol. The molecule has 0 aliphatic carbocycles. The third-order valence-corrected chi connectivity index (χ3v) is 4.01. The first-order valence-electron chi connectivity index (χ1n) is 7.18. The Morgan fingerprint density at radius 2 is 1.74 bits per heavy atom. The Labute approximate surface area is 146 Å². The van der Waals surface area contributed by atoms with Crippen LogP contribution in [0.25, 0.3) is 0 Å². The smallest absolute Gasteiger partial charge is 0.293 e. The molecule has 1 aliphatic heterocycles. The Balaban J connectivity index is 0.00000192. The summed E-state index contributed by atoms with van der Waals surface area (Å²) >= 11 is 5.31. The zero-order valence-corrected chi connectivity index (χ0v) is 14.1. The van der Waals surface area contributed by atoms with E-state index in [-0.39, 0.29) is 24.1 Å². The first-order chi connectivity index (χ1) is 10.7. The summed E-state index contributed by atoms with van der Waals surface area (Å²) in [5, 5.41) is 3.17. The lowest BCUT2D eigenvalue weighted by Gasteiger charge is -2.37. The Hall–Kier alpha value is -2.05. The molecule has 0 unspecified atom stereocenters. The van der Waals surface area contributed by atoms with Gasteiger partial charge in [-0.2, -0.15) is 0 Å². The summed E-state index contributed by atoms with van der Waals surface area (Å²) in [6, 6.07) is 13.6. The molecule has 122 valence electrons. The number of nitrogens with one attached hydrogen (secondary N) is 1. The maximum atomic E-state index is 11.9. The first-order valence-corrected chi connectivity index (χ1v) is 7.58. The first kappa shape index (κ1) is 17.3. The van der Waals surface area contributed by atoms with Crippen LogP contribution in [0.15, 0.2) is 53.1 Å². The number of rotatable bonds is 2. The lowest BCUT2D eigenvalue weighted by molar-refractivity contribution is 0.0946. The van der Waals surface area contributed by atoms with Gasteiger partial charge >= 0.3 is 0 Å². The van der Waals surface area contributed by atoms with Gasteiger partial charge in [0.25, 0.3) is 5.91 Å². The van der Waals surface area contributed by atoms with Crippen LogP contribution in [0.4, 0.5) is 5.69 Å². The van der Waals surface area contributed by atoms with Crippen LogP contribution in [0, 0.1) is 0 Å². The molecule has 1 amide bonds. The fourth-order valence-corrected chi connectivity index (χ4v) is 2.73. The van der Waals surface area contributed by atoms with Gasteiger partial charge in [0.15, 0.2) is 10.9 Å². The standard InChI is InChI=1S/C16H17N3O2S.ClH/c20-15(14-7-4-12-21-14)17-16(22)19-10-8-18(9-11-19)13-5-2-1-3-6-13;/h1-7,12H,8-11H2,(H,17,20,22);1H. The van der Waals surface area contributed by atoms with Crippen LogP contribution >= 0.6 is 24.6 Å². The van der Waals surface area contributed by atoms with Crippen LogP contribution in [0.5, 0.6) is 0 Å². The molecule has 0 radical (unpaired) electrons. The second-order valence-electron chi connectivity index (χ2n) is 5.05. The van der Waals surface area contributed by atoms with Gasteiger partial charge in [0.05, 0.1) is 6.26 Å². The minimum Gasteiger partial charge on any atom is -0.459 e. The number of nitrogens with zero attached hydrogens (tertiary/aromatic N) is 2. The summed E-state index contributed by atoms with van der Waals surface area (Å²) in [6.07, 6.45) is 1.47. The van der Waals surface area contributed by atoms with Gasteiger partial charge in [-0.1, -0.05) is 18.2 Å². The highest BCUT2D eigenvalue weighted by Gasteiger charge is 2.21. The van der Waals surface area contributed by atoms with E-state index in [1.165, 1.54) is 12.0 Å². The molecule has 0 bridgehead atoms. The Morgan fingerprint density at radius 3 is 2.35 bits per heavy atom. The maximum absolute atomic E-state index is 11.9. The van der Waals surface area contributed by atoms with Crippen molar-refractivity contribution in [1.29, 1.82) is 0 Å². The molecule has 0 spiro atoms. The average Bonchev–Trinajstić information content (AvgIpc) is 3.10. The summed E-state index contributed by atoms with van der Waals surface area (Å²) in [5.41, 5.74) is 1.22. The van der Waals surface area contributed by atoms with Gasteiger partial charge in [0.1, 0.15) is 0 Å². The number of thiocarbonyl (C=S) groups is 1. The lowest BCUT2D eigenvalue weighted by Crippen LogP contribution is -2.52. The molecule has 1 N–H and O–H groups in total. The fourth-order valence-electron chi connectivity index (χ4n) is 2.45. The van der Waals surface area contributed by atoms with Crippen molar-refractivity contribution in [2.24, 2.45) is 0 Å². The average molecular weight is 352 g/mol. The molecule has 1 saturated heterocycles. The lowest BCUT2D eigenvalue weighted by atomic mass is 10.2. The van der Waals surface area contributed by atoms with Crippen molar-refractivity contribution in [2.45, 2.75) is 0 Å². The number of benzene rings is 1. The van der Waals surface area contributed by atoms with E-state index < -0.39 is 0 Å². The molecule has 1 aromatic carbocycles. The normalized spacial score (nSPS) is 14.1. The molecule has 7 heteroatoms. The summed E-state index contributed by atoms with van der Waals surface area (Å²) in [7, 11) is 0. The van der Waals surface area contributed by atoms with Crippen molar-refractivity contribution in [3.8, 4) is 0 Å². The van der Waals surface area contributed by atoms with Crippen molar-refractivity contribution in [3.63, 3.8) is 0 Å². The zero-order chi connectivity index (χ0) is 15.4. The minimum atomic E-state index is -0.305. The fraction of sp³-hybridized carbons (Fsp3) is 0.250. The Morgan fingerprint density at radius 1 is 1.04 bits per heavy atom. The van der Waals surface area contributed by atoms with E-state index in [0.29, 0.717) is 5.11 Å². The second kappa shape index (κ2) is 7.99. The molecular weight excluding hydrogens is 334 g/mol. The monoisotopic (exact) mass is 351 g/mol. The number of carbonyl (C=O) groups is 1. The van der Waals surface area contributed by atoms with Gasteiger partial charge < -0.3 is 14.2 Å². The van der Waals surface area contributed by atoms with Crippen LogP contribution in [0.1, 0.15) is 10.6 Å². The highest BCUT2D eigenvalue weighted by molar-refractivity contribution is 7.80. The largest absolute Gasteiger partial charge is 0.459 e. The maximum Gasteiger partial charge on any atom is 0.293 e. The number of amides is 1. The van der Waals surface area contributed by atoms with E-state index in [0.717, 1.165) is 26.2 Å². The van der Waals surface area contributed by atoms with E-state index in [4.69, 9.17) is 16.6 Å². The van der Waals surface area contributed by atoms with Crippen molar-refractivity contribution in [1.82, 2.24) is 10.2 Å². The van der Waals surface area contributed by atoms with Crippen LogP contribution < -0.4 is 10.2 Å². The van der Waals surface area contributed by atoms with Gasteiger partial charge in [0.2, 0.25) is 0 Å². The third-order valence-electron chi connectivity index (χ3n) is 3.65. The van der Waals surface area contributed by atoms with Gasteiger partial charge in [-0.25, -0.2) is 0 Å². The van der Waals surface area contributed by atoms with Crippen molar-refractivity contribution < 1.29 is 9.21 Å². The molecule has 0 saturated carbocycles. The molecule has 2 aromatic rings. The molecule has 1 aromatic heterocycles. The number of carbonyl (C=O) groups excluding carboxylic acids is 1. The third kappa shape index (κ3) is 4.24. The number of para-hydroxylation sites is 1. The molecule has 2 heterocycles. The van der Waals surface area contributed by atoms with Crippen LogP contribution in [0.3, 0.4) is 0 Å². The Kier molecular flexibility index (Phi) is 6.01. The van der Waals surface area contributed by atoms with Gasteiger partial charge in [-0.3, -0.25) is 10.1 Å². The molecule has 1 aliphatic rings. The second-order valence-corrected chi connectivity index (χ2v) is 5.43. The van der Waals surface area contributed by atoms with Crippen LogP contribution in [-0.2, 0) is 0 Å². The van der Waals surface area contributed by atoms with Crippen molar-refractivity contribution in [2.75, 3.05) is 31.1 Å². The highest BCUT2D eigenvalue weighted by Crippen LogP contribution is 2.15. The number of furan rings is 1. The van der Waals surface area contributed by atoms with Crippen LogP contribution in [-0.4, -0.2) is 42.1 Å². The molecule has 5 nitrogen and oxygen atoms in total.